The zero-order valence-electron chi connectivity index (χ0n) is 10.1. The van der Waals surface area contributed by atoms with Crippen molar-refractivity contribution in [1.29, 1.82) is 0 Å². The minimum absolute atomic E-state index is 0.236. The zero-order valence-corrected chi connectivity index (χ0v) is 10.1. The lowest BCUT2D eigenvalue weighted by molar-refractivity contribution is 0.0618. The number of hydrogen-bond acceptors (Lipinski definition) is 2. The topological polar surface area (TPSA) is 37.9 Å². The largest absolute Gasteiger partial charge is 0.371 e. The van der Waals surface area contributed by atoms with Crippen LogP contribution < -0.4 is 0 Å². The van der Waals surface area contributed by atoms with Crippen LogP contribution in [0.3, 0.4) is 0 Å². The van der Waals surface area contributed by atoms with Crippen LogP contribution in [0.15, 0.2) is 18.2 Å². The number of aromatic nitrogens is 2. The molecule has 0 amide bonds. The fourth-order valence-electron chi connectivity index (χ4n) is 1.64. The molecule has 16 heavy (non-hydrogen) atoms. The molecule has 0 bridgehead atoms. The molecule has 2 rings (SSSR count). The predicted molar refractivity (Wildman–Crippen MR) is 65.4 cm³/mol. The molecule has 0 fully saturated rings. The molecule has 0 spiro atoms. The van der Waals surface area contributed by atoms with Crippen LogP contribution in [0.1, 0.15) is 32.2 Å². The number of hydrogen-bond donors (Lipinski definition) is 1. The maximum atomic E-state index is 5.52. The van der Waals surface area contributed by atoms with Gasteiger partial charge >= 0.3 is 0 Å². The molecule has 0 atom stereocenters. The highest BCUT2D eigenvalue weighted by Gasteiger charge is 2.04. The number of rotatable bonds is 4. The van der Waals surface area contributed by atoms with Crippen molar-refractivity contribution < 1.29 is 4.74 Å². The summed E-state index contributed by atoms with van der Waals surface area (Å²) in [5.41, 5.74) is 3.44. The molecule has 0 aliphatic rings. The van der Waals surface area contributed by atoms with Gasteiger partial charge in [-0.3, -0.25) is 0 Å². The van der Waals surface area contributed by atoms with Crippen LogP contribution >= 0.6 is 0 Å². The van der Waals surface area contributed by atoms with E-state index in [2.05, 4.69) is 35.1 Å². The second-order valence-electron chi connectivity index (χ2n) is 4.25. The molecular formula is C13H18N2O. The number of fused-ring (bicyclic) bond motifs is 1. The maximum absolute atomic E-state index is 5.52. The molecule has 86 valence electrons. The third kappa shape index (κ3) is 2.42. The van der Waals surface area contributed by atoms with Gasteiger partial charge in [-0.15, -0.1) is 0 Å². The van der Waals surface area contributed by atoms with Gasteiger partial charge in [0.05, 0.1) is 17.1 Å². The standard InChI is InChI=1S/C13H18N2O/c1-4-10-5-6-11-12(7-10)15-13(14-11)8-16-9(2)3/h5-7,9H,4,8H2,1-3H3,(H,14,15). The zero-order chi connectivity index (χ0) is 11.5. The Bertz CT molecular complexity index is 474. The van der Waals surface area contributed by atoms with Gasteiger partial charge in [-0.2, -0.15) is 0 Å². The fraction of sp³-hybridized carbons (Fsp3) is 0.462. The highest BCUT2D eigenvalue weighted by molar-refractivity contribution is 5.75. The number of benzene rings is 1. The van der Waals surface area contributed by atoms with Crippen molar-refractivity contribution >= 4 is 11.0 Å². The number of nitrogens with zero attached hydrogens (tertiary/aromatic N) is 1. The summed E-state index contributed by atoms with van der Waals surface area (Å²) >= 11 is 0. The van der Waals surface area contributed by atoms with E-state index in [9.17, 15) is 0 Å². The highest BCUT2D eigenvalue weighted by Crippen LogP contribution is 2.14. The van der Waals surface area contributed by atoms with Crippen LogP contribution in [0.2, 0.25) is 0 Å². The van der Waals surface area contributed by atoms with E-state index < -0.39 is 0 Å². The van der Waals surface area contributed by atoms with Crippen molar-refractivity contribution in [2.24, 2.45) is 0 Å². The second-order valence-corrected chi connectivity index (χ2v) is 4.25. The Morgan fingerprint density at radius 2 is 2.19 bits per heavy atom. The first-order valence-corrected chi connectivity index (χ1v) is 5.78. The van der Waals surface area contributed by atoms with Crippen LogP contribution in [0.5, 0.6) is 0 Å². The van der Waals surface area contributed by atoms with Crippen molar-refractivity contribution in [3.8, 4) is 0 Å². The molecule has 0 aliphatic carbocycles. The fourth-order valence-corrected chi connectivity index (χ4v) is 1.64. The SMILES string of the molecule is CCc1ccc2nc(COC(C)C)[nH]c2c1. The number of imidazole rings is 1. The molecule has 3 nitrogen and oxygen atoms in total. The molecule has 1 aromatic heterocycles. The Kier molecular flexibility index (Phi) is 3.25. The molecule has 0 saturated heterocycles. The maximum Gasteiger partial charge on any atom is 0.133 e. The first kappa shape index (κ1) is 11.1. The third-order valence-electron chi connectivity index (χ3n) is 2.56. The lowest BCUT2D eigenvalue weighted by Gasteiger charge is -2.03. The summed E-state index contributed by atoms with van der Waals surface area (Å²) < 4.78 is 5.52. The van der Waals surface area contributed by atoms with Gasteiger partial charge in [-0.1, -0.05) is 13.0 Å². The van der Waals surface area contributed by atoms with Crippen molar-refractivity contribution in [2.45, 2.75) is 39.9 Å². The Morgan fingerprint density at radius 1 is 1.38 bits per heavy atom. The molecule has 1 aromatic carbocycles. The van der Waals surface area contributed by atoms with E-state index in [0.29, 0.717) is 6.61 Å². The van der Waals surface area contributed by atoms with Gasteiger partial charge in [0.15, 0.2) is 0 Å². The molecular weight excluding hydrogens is 200 g/mol. The van der Waals surface area contributed by atoms with E-state index in [1.807, 2.05) is 13.8 Å². The van der Waals surface area contributed by atoms with Crippen molar-refractivity contribution in [2.75, 3.05) is 0 Å². The predicted octanol–water partition coefficient (Wildman–Crippen LogP) is 3.05. The molecule has 2 aromatic rings. The monoisotopic (exact) mass is 218 g/mol. The number of H-pyrrole nitrogens is 1. The summed E-state index contributed by atoms with van der Waals surface area (Å²) in [6.45, 7) is 6.75. The number of aryl methyl sites for hydroxylation is 1. The van der Waals surface area contributed by atoms with Gasteiger partial charge < -0.3 is 9.72 Å². The van der Waals surface area contributed by atoms with Crippen LogP contribution in [-0.2, 0) is 17.8 Å². The molecule has 0 aliphatic heterocycles. The Morgan fingerprint density at radius 3 is 2.88 bits per heavy atom. The minimum atomic E-state index is 0.236. The average molecular weight is 218 g/mol. The van der Waals surface area contributed by atoms with E-state index in [0.717, 1.165) is 23.3 Å². The molecule has 0 radical (unpaired) electrons. The summed E-state index contributed by atoms with van der Waals surface area (Å²) in [6.07, 6.45) is 1.28. The number of nitrogens with one attached hydrogen (secondary N) is 1. The lowest BCUT2D eigenvalue weighted by Crippen LogP contribution is -2.03. The van der Waals surface area contributed by atoms with E-state index in [4.69, 9.17) is 4.74 Å². The van der Waals surface area contributed by atoms with E-state index in [1.165, 1.54) is 5.56 Å². The minimum Gasteiger partial charge on any atom is -0.371 e. The molecule has 0 unspecified atom stereocenters. The second kappa shape index (κ2) is 4.66. The van der Waals surface area contributed by atoms with Crippen LogP contribution in [0.25, 0.3) is 11.0 Å². The normalized spacial score (nSPS) is 11.5. The quantitative estimate of drug-likeness (QED) is 0.856. The molecule has 1 N–H and O–H groups in total. The van der Waals surface area contributed by atoms with Crippen LogP contribution in [0.4, 0.5) is 0 Å². The van der Waals surface area contributed by atoms with E-state index >= 15 is 0 Å². The van der Waals surface area contributed by atoms with Gasteiger partial charge in [0.1, 0.15) is 12.4 Å². The lowest BCUT2D eigenvalue weighted by atomic mass is 10.1. The summed E-state index contributed by atoms with van der Waals surface area (Å²) in [4.78, 5) is 7.77. The van der Waals surface area contributed by atoms with Gasteiger partial charge in [0.25, 0.3) is 0 Å². The highest BCUT2D eigenvalue weighted by atomic mass is 16.5. The Balaban J connectivity index is 2.22. The number of aromatic amines is 1. The number of ether oxygens (including phenoxy) is 1. The summed E-state index contributed by atoms with van der Waals surface area (Å²) in [5.74, 6) is 0.900. The van der Waals surface area contributed by atoms with Crippen molar-refractivity contribution in [3.63, 3.8) is 0 Å². The molecule has 0 saturated carbocycles. The van der Waals surface area contributed by atoms with Crippen LogP contribution in [-0.4, -0.2) is 16.1 Å². The smallest absolute Gasteiger partial charge is 0.133 e. The van der Waals surface area contributed by atoms with E-state index in [1.54, 1.807) is 0 Å². The Hall–Kier alpha value is -1.35. The van der Waals surface area contributed by atoms with Crippen molar-refractivity contribution in [3.05, 3.63) is 29.6 Å². The first-order valence-electron chi connectivity index (χ1n) is 5.78. The van der Waals surface area contributed by atoms with Gasteiger partial charge in [-0.25, -0.2) is 4.98 Å². The molecule has 1 heterocycles. The van der Waals surface area contributed by atoms with Gasteiger partial charge in [-0.05, 0) is 38.0 Å². The summed E-state index contributed by atoms with van der Waals surface area (Å²) in [5, 5.41) is 0. The van der Waals surface area contributed by atoms with Crippen molar-refractivity contribution in [1.82, 2.24) is 9.97 Å². The summed E-state index contributed by atoms with van der Waals surface area (Å²) in [6, 6.07) is 6.33. The van der Waals surface area contributed by atoms with E-state index in [-0.39, 0.29) is 6.10 Å². The first-order chi connectivity index (χ1) is 7.69. The molecule has 3 heteroatoms. The third-order valence-corrected chi connectivity index (χ3v) is 2.56. The Labute approximate surface area is 95.8 Å². The van der Waals surface area contributed by atoms with Gasteiger partial charge in [0, 0.05) is 0 Å². The summed E-state index contributed by atoms with van der Waals surface area (Å²) in [7, 11) is 0. The van der Waals surface area contributed by atoms with Crippen LogP contribution in [0, 0.1) is 0 Å². The van der Waals surface area contributed by atoms with Gasteiger partial charge in [0.2, 0.25) is 0 Å². The average Bonchev–Trinajstić information content (AvgIpc) is 2.67.